The van der Waals surface area contributed by atoms with Gasteiger partial charge in [0.05, 0.1) is 12.7 Å². The average molecular weight is 282 g/mol. The second-order valence-electron chi connectivity index (χ2n) is 5.10. The second kappa shape index (κ2) is 5.94. The van der Waals surface area contributed by atoms with Crippen LogP contribution in [0, 0.1) is 5.82 Å². The summed E-state index contributed by atoms with van der Waals surface area (Å²) in [7, 11) is 0. The number of thiocarbonyl (C=S) groups is 1. The molecule has 1 aromatic rings. The van der Waals surface area contributed by atoms with Gasteiger partial charge in [0.1, 0.15) is 10.8 Å². The van der Waals surface area contributed by atoms with Gasteiger partial charge in [-0.2, -0.15) is 0 Å². The number of nitrogens with zero attached hydrogens (tertiary/aromatic N) is 1. The van der Waals surface area contributed by atoms with Gasteiger partial charge in [-0.05, 0) is 31.5 Å². The predicted octanol–water partition coefficient (Wildman–Crippen LogP) is 2.07. The Kier molecular flexibility index (Phi) is 4.50. The van der Waals surface area contributed by atoms with E-state index in [0.29, 0.717) is 11.6 Å². The molecule has 0 radical (unpaired) electrons. The lowest BCUT2D eigenvalue weighted by atomic mass is 10.1. The normalized spacial score (nSPS) is 24.4. The number of ether oxygens (including phenoxy) is 1. The molecule has 2 unspecified atom stereocenters. The van der Waals surface area contributed by atoms with Gasteiger partial charge in [-0.25, -0.2) is 4.39 Å². The van der Waals surface area contributed by atoms with E-state index in [0.717, 1.165) is 25.3 Å². The molecule has 1 aliphatic heterocycles. The summed E-state index contributed by atoms with van der Waals surface area (Å²) < 4.78 is 19.1. The number of halogens is 1. The fraction of sp³-hybridized carbons (Fsp3) is 0.500. The molecule has 1 aliphatic rings. The molecule has 2 N–H and O–H groups in total. The average Bonchev–Trinajstić information content (AvgIpc) is 2.36. The zero-order chi connectivity index (χ0) is 14.0. The zero-order valence-electron chi connectivity index (χ0n) is 11.2. The van der Waals surface area contributed by atoms with E-state index >= 15 is 0 Å². The van der Waals surface area contributed by atoms with Crippen molar-refractivity contribution in [2.75, 3.05) is 13.2 Å². The van der Waals surface area contributed by atoms with E-state index in [1.807, 2.05) is 0 Å². The Bertz CT molecular complexity index is 481. The molecule has 2 rings (SSSR count). The molecule has 1 heterocycles. The molecule has 104 valence electrons. The van der Waals surface area contributed by atoms with Crippen molar-refractivity contribution in [3.8, 4) is 0 Å². The second-order valence-corrected chi connectivity index (χ2v) is 5.54. The highest BCUT2D eigenvalue weighted by molar-refractivity contribution is 7.80. The molecule has 1 aromatic carbocycles. The van der Waals surface area contributed by atoms with Gasteiger partial charge in [-0.15, -0.1) is 0 Å². The summed E-state index contributed by atoms with van der Waals surface area (Å²) in [4.78, 5) is 2.42. The fourth-order valence-electron chi connectivity index (χ4n) is 2.29. The molecule has 0 bridgehead atoms. The molecular formula is C14H19FN2OS. The molecule has 0 saturated carbocycles. The summed E-state index contributed by atoms with van der Waals surface area (Å²) in [5, 5.41) is 0. The van der Waals surface area contributed by atoms with Crippen molar-refractivity contribution in [3.63, 3.8) is 0 Å². The van der Waals surface area contributed by atoms with Gasteiger partial charge < -0.3 is 10.5 Å². The first-order valence-corrected chi connectivity index (χ1v) is 6.82. The number of rotatable bonds is 3. The fourth-order valence-corrected chi connectivity index (χ4v) is 2.44. The molecule has 3 nitrogen and oxygen atoms in total. The monoisotopic (exact) mass is 282 g/mol. The zero-order valence-corrected chi connectivity index (χ0v) is 12.0. The van der Waals surface area contributed by atoms with E-state index in [1.165, 1.54) is 6.07 Å². The van der Waals surface area contributed by atoms with Crippen LogP contribution in [-0.4, -0.2) is 35.2 Å². The van der Waals surface area contributed by atoms with Crippen molar-refractivity contribution < 1.29 is 9.13 Å². The van der Waals surface area contributed by atoms with Crippen LogP contribution in [0.25, 0.3) is 0 Å². The van der Waals surface area contributed by atoms with E-state index in [9.17, 15) is 4.39 Å². The first-order chi connectivity index (χ1) is 8.97. The maximum Gasteiger partial charge on any atom is 0.133 e. The first kappa shape index (κ1) is 14.4. The minimum atomic E-state index is -0.361. The highest BCUT2D eigenvalue weighted by Gasteiger charge is 2.23. The summed E-state index contributed by atoms with van der Waals surface area (Å²) in [6, 6.07) is 5.31. The van der Waals surface area contributed by atoms with Crippen molar-refractivity contribution >= 4 is 17.2 Å². The summed E-state index contributed by atoms with van der Waals surface area (Å²) in [6.07, 6.45) is 0.228. The van der Waals surface area contributed by atoms with Gasteiger partial charge in [0.2, 0.25) is 0 Å². The van der Waals surface area contributed by atoms with Gasteiger partial charge in [0, 0.05) is 24.7 Å². The number of nitrogens with two attached hydrogens (primary N) is 1. The molecule has 0 spiro atoms. The smallest absolute Gasteiger partial charge is 0.133 e. The lowest BCUT2D eigenvalue weighted by Gasteiger charge is -2.36. The minimum Gasteiger partial charge on any atom is -0.389 e. The Hall–Kier alpha value is -1.04. The van der Waals surface area contributed by atoms with E-state index < -0.39 is 0 Å². The number of morpholine rings is 1. The Morgan fingerprint density at radius 1 is 1.53 bits per heavy atom. The molecule has 1 saturated heterocycles. The van der Waals surface area contributed by atoms with E-state index in [2.05, 4.69) is 18.7 Å². The minimum absolute atomic E-state index is 0.0998. The van der Waals surface area contributed by atoms with Crippen LogP contribution in [0.4, 0.5) is 4.39 Å². The topological polar surface area (TPSA) is 38.5 Å². The Balaban J connectivity index is 2.14. The highest BCUT2D eigenvalue weighted by Crippen LogP contribution is 2.17. The van der Waals surface area contributed by atoms with Crippen LogP contribution in [-0.2, 0) is 11.3 Å². The van der Waals surface area contributed by atoms with Crippen molar-refractivity contribution in [1.29, 1.82) is 0 Å². The molecule has 0 aliphatic carbocycles. The molecule has 0 aromatic heterocycles. The molecule has 0 amide bonds. The Morgan fingerprint density at radius 2 is 2.26 bits per heavy atom. The molecular weight excluding hydrogens is 263 g/mol. The van der Waals surface area contributed by atoms with Gasteiger partial charge in [-0.1, -0.05) is 18.3 Å². The lowest BCUT2D eigenvalue weighted by Crippen LogP contribution is -2.46. The third-order valence-electron chi connectivity index (χ3n) is 3.42. The maximum absolute atomic E-state index is 13.5. The SMILES string of the molecule is CC1CN(Cc2ccc(F)c(C(N)=S)c2)C(C)CO1. The number of hydrogen-bond acceptors (Lipinski definition) is 3. The van der Waals surface area contributed by atoms with Gasteiger partial charge in [0.25, 0.3) is 0 Å². The van der Waals surface area contributed by atoms with Gasteiger partial charge >= 0.3 is 0 Å². The Labute approximate surface area is 118 Å². The van der Waals surface area contributed by atoms with Crippen LogP contribution in [0.1, 0.15) is 25.0 Å². The van der Waals surface area contributed by atoms with Gasteiger partial charge in [0.15, 0.2) is 0 Å². The van der Waals surface area contributed by atoms with Crippen molar-refractivity contribution in [3.05, 3.63) is 35.1 Å². The van der Waals surface area contributed by atoms with E-state index in [-0.39, 0.29) is 16.9 Å². The maximum atomic E-state index is 13.5. The summed E-state index contributed by atoms with van der Waals surface area (Å²) in [6.45, 7) is 6.55. The van der Waals surface area contributed by atoms with E-state index in [1.54, 1.807) is 12.1 Å². The van der Waals surface area contributed by atoms with Crippen LogP contribution in [0.15, 0.2) is 18.2 Å². The molecule has 2 atom stereocenters. The van der Waals surface area contributed by atoms with Crippen LogP contribution < -0.4 is 5.73 Å². The predicted molar refractivity (Wildman–Crippen MR) is 77.6 cm³/mol. The lowest BCUT2D eigenvalue weighted by molar-refractivity contribution is -0.0526. The number of benzene rings is 1. The quantitative estimate of drug-likeness (QED) is 0.861. The van der Waals surface area contributed by atoms with Crippen LogP contribution in [0.2, 0.25) is 0 Å². The first-order valence-electron chi connectivity index (χ1n) is 6.41. The van der Waals surface area contributed by atoms with Crippen LogP contribution >= 0.6 is 12.2 Å². The largest absolute Gasteiger partial charge is 0.389 e. The molecule has 5 heteroatoms. The third-order valence-corrected chi connectivity index (χ3v) is 3.64. The van der Waals surface area contributed by atoms with Crippen LogP contribution in [0.3, 0.4) is 0 Å². The van der Waals surface area contributed by atoms with E-state index in [4.69, 9.17) is 22.7 Å². The highest BCUT2D eigenvalue weighted by atomic mass is 32.1. The number of hydrogen-bond donors (Lipinski definition) is 1. The van der Waals surface area contributed by atoms with Crippen LogP contribution in [0.5, 0.6) is 0 Å². The Morgan fingerprint density at radius 3 is 2.95 bits per heavy atom. The standard InChI is InChI=1S/C14H19FN2OS/c1-9-8-18-10(2)6-17(9)7-11-3-4-13(15)12(5-11)14(16)19/h3-5,9-10H,6-8H2,1-2H3,(H2,16,19). The summed E-state index contributed by atoms with van der Waals surface area (Å²) in [5.41, 5.74) is 6.86. The summed E-state index contributed by atoms with van der Waals surface area (Å²) in [5.74, 6) is -0.361. The van der Waals surface area contributed by atoms with Crippen molar-refractivity contribution in [1.82, 2.24) is 4.90 Å². The third kappa shape index (κ3) is 3.49. The molecule has 19 heavy (non-hydrogen) atoms. The van der Waals surface area contributed by atoms with Crippen molar-refractivity contribution in [2.24, 2.45) is 5.73 Å². The molecule has 1 fully saturated rings. The van der Waals surface area contributed by atoms with Gasteiger partial charge in [-0.3, -0.25) is 4.90 Å². The van der Waals surface area contributed by atoms with Crippen molar-refractivity contribution in [2.45, 2.75) is 32.5 Å². The summed E-state index contributed by atoms with van der Waals surface area (Å²) >= 11 is 4.86.